The Morgan fingerprint density at radius 2 is 2.07 bits per heavy atom. The van der Waals surface area contributed by atoms with E-state index in [2.05, 4.69) is 10.6 Å². The molecule has 0 atom stereocenters. The van der Waals surface area contributed by atoms with Crippen molar-refractivity contribution in [3.63, 3.8) is 0 Å². The van der Waals surface area contributed by atoms with Gasteiger partial charge in [-0.15, -0.1) is 0 Å². The molecule has 0 aromatic heterocycles. The highest BCUT2D eigenvalue weighted by Crippen LogP contribution is 2.28. The number of halogens is 3. The van der Waals surface area contributed by atoms with E-state index in [-0.39, 0.29) is 10.8 Å². The van der Waals surface area contributed by atoms with E-state index in [1.165, 1.54) is 29.7 Å². The predicted molar refractivity (Wildman–Crippen MR) is 49.4 cm³/mol. The van der Waals surface area contributed by atoms with Crippen LogP contribution in [0.25, 0.3) is 0 Å². The Morgan fingerprint density at radius 1 is 1.47 bits per heavy atom. The standard InChI is InChI=1S/C8H7ClF2N2O2/c9-5-3-1-2-4-6(5)15-8(10,11)7(14)13-12/h1-4H,12H2,(H,13,14). The Bertz CT molecular complexity index is 373. The van der Waals surface area contributed by atoms with Gasteiger partial charge in [-0.25, -0.2) is 5.84 Å². The Kier molecular flexibility index (Phi) is 3.43. The number of nitrogens with two attached hydrogens (primary N) is 1. The highest BCUT2D eigenvalue weighted by molar-refractivity contribution is 6.32. The summed E-state index contributed by atoms with van der Waals surface area (Å²) in [6, 6.07) is 5.54. The summed E-state index contributed by atoms with van der Waals surface area (Å²) in [5, 5.41) is -0.0259. The summed E-state index contributed by atoms with van der Waals surface area (Å²) in [6.07, 6.45) is -4.06. The quantitative estimate of drug-likeness (QED) is 0.472. The monoisotopic (exact) mass is 236 g/mol. The number of amides is 1. The van der Waals surface area contributed by atoms with Gasteiger partial charge in [0.2, 0.25) is 0 Å². The van der Waals surface area contributed by atoms with E-state index in [1.54, 1.807) is 0 Å². The van der Waals surface area contributed by atoms with E-state index in [9.17, 15) is 13.6 Å². The highest BCUT2D eigenvalue weighted by Gasteiger charge is 2.42. The smallest absolute Gasteiger partial charge is 0.424 e. The van der Waals surface area contributed by atoms with E-state index in [1.807, 2.05) is 0 Å². The van der Waals surface area contributed by atoms with Gasteiger partial charge in [0.05, 0.1) is 5.02 Å². The van der Waals surface area contributed by atoms with E-state index < -0.39 is 12.0 Å². The molecule has 4 nitrogen and oxygen atoms in total. The van der Waals surface area contributed by atoms with Crippen LogP contribution in [0.2, 0.25) is 5.02 Å². The number of rotatable bonds is 3. The molecule has 0 radical (unpaired) electrons. The molecule has 1 rings (SSSR count). The van der Waals surface area contributed by atoms with Crippen molar-refractivity contribution in [3.05, 3.63) is 29.3 Å². The molecule has 0 saturated carbocycles. The van der Waals surface area contributed by atoms with Crippen molar-refractivity contribution in [2.75, 3.05) is 0 Å². The second-order valence-electron chi connectivity index (χ2n) is 2.52. The van der Waals surface area contributed by atoms with Gasteiger partial charge in [0, 0.05) is 0 Å². The van der Waals surface area contributed by atoms with Crippen molar-refractivity contribution in [1.29, 1.82) is 0 Å². The molecule has 0 fully saturated rings. The lowest BCUT2D eigenvalue weighted by molar-refractivity contribution is -0.192. The summed E-state index contributed by atoms with van der Waals surface area (Å²) < 4.78 is 29.9. The van der Waals surface area contributed by atoms with Crippen molar-refractivity contribution in [1.82, 2.24) is 5.43 Å². The molecule has 0 bridgehead atoms. The lowest BCUT2D eigenvalue weighted by Crippen LogP contribution is -2.47. The maximum Gasteiger partial charge on any atom is 0.483 e. The number of ether oxygens (including phenoxy) is 1. The second kappa shape index (κ2) is 4.41. The van der Waals surface area contributed by atoms with Crippen LogP contribution >= 0.6 is 11.6 Å². The van der Waals surface area contributed by atoms with E-state index in [0.29, 0.717) is 0 Å². The first-order chi connectivity index (χ1) is 6.97. The van der Waals surface area contributed by atoms with Crippen LogP contribution in [0, 0.1) is 0 Å². The average Bonchev–Trinajstić information content (AvgIpc) is 2.20. The number of benzene rings is 1. The summed E-state index contributed by atoms with van der Waals surface area (Å²) in [7, 11) is 0. The minimum absolute atomic E-state index is 0.0259. The van der Waals surface area contributed by atoms with Gasteiger partial charge in [-0.1, -0.05) is 23.7 Å². The topological polar surface area (TPSA) is 64.3 Å². The average molecular weight is 237 g/mol. The largest absolute Gasteiger partial charge is 0.483 e. The Morgan fingerprint density at radius 3 is 2.60 bits per heavy atom. The molecule has 0 spiro atoms. The van der Waals surface area contributed by atoms with Gasteiger partial charge in [0.25, 0.3) is 0 Å². The van der Waals surface area contributed by atoms with Gasteiger partial charge in [0.1, 0.15) is 5.75 Å². The molecular weight excluding hydrogens is 230 g/mol. The fourth-order valence-electron chi connectivity index (χ4n) is 0.796. The molecular formula is C8H7ClF2N2O2. The Balaban J connectivity index is 2.86. The minimum Gasteiger partial charge on any atom is -0.424 e. The molecule has 7 heteroatoms. The van der Waals surface area contributed by atoms with Crippen LogP contribution in [-0.2, 0) is 4.79 Å². The summed E-state index contributed by atoms with van der Waals surface area (Å²) >= 11 is 5.56. The van der Waals surface area contributed by atoms with Gasteiger partial charge >= 0.3 is 12.0 Å². The number of hydrogen-bond acceptors (Lipinski definition) is 3. The lowest BCUT2D eigenvalue weighted by Gasteiger charge is -2.16. The number of hydrazine groups is 1. The van der Waals surface area contributed by atoms with Crippen LogP contribution in [0.15, 0.2) is 24.3 Å². The summed E-state index contributed by atoms with van der Waals surface area (Å²) in [5.74, 6) is 2.51. The molecule has 3 N–H and O–H groups in total. The van der Waals surface area contributed by atoms with Gasteiger partial charge in [-0.05, 0) is 12.1 Å². The zero-order chi connectivity index (χ0) is 11.5. The normalized spacial score (nSPS) is 10.9. The Hall–Kier alpha value is -1.40. The van der Waals surface area contributed by atoms with Gasteiger partial charge < -0.3 is 4.74 Å². The molecule has 0 heterocycles. The second-order valence-corrected chi connectivity index (χ2v) is 2.93. The number of para-hydroxylation sites is 1. The lowest BCUT2D eigenvalue weighted by atomic mass is 10.3. The first kappa shape index (κ1) is 11.7. The van der Waals surface area contributed by atoms with Crippen LogP contribution in [0.4, 0.5) is 8.78 Å². The van der Waals surface area contributed by atoms with Crippen LogP contribution < -0.4 is 16.0 Å². The van der Waals surface area contributed by atoms with Crippen molar-refractivity contribution in [2.45, 2.75) is 6.11 Å². The molecule has 0 saturated heterocycles. The third-order valence-corrected chi connectivity index (χ3v) is 1.78. The number of alkyl halides is 2. The van der Waals surface area contributed by atoms with Crippen LogP contribution in [0.3, 0.4) is 0 Å². The number of hydrogen-bond donors (Lipinski definition) is 2. The number of carbonyl (C=O) groups excluding carboxylic acids is 1. The fourth-order valence-corrected chi connectivity index (χ4v) is 0.970. The van der Waals surface area contributed by atoms with E-state index in [4.69, 9.17) is 11.6 Å². The van der Waals surface area contributed by atoms with Crippen LogP contribution in [-0.4, -0.2) is 12.0 Å². The first-order valence-corrected chi connectivity index (χ1v) is 4.17. The van der Waals surface area contributed by atoms with Crippen LogP contribution in [0.1, 0.15) is 0 Å². The van der Waals surface area contributed by atoms with Gasteiger partial charge in [-0.3, -0.25) is 10.2 Å². The van der Waals surface area contributed by atoms with Gasteiger partial charge in [-0.2, -0.15) is 8.78 Å². The van der Waals surface area contributed by atoms with Gasteiger partial charge in [0.15, 0.2) is 0 Å². The molecule has 0 unspecified atom stereocenters. The number of carbonyl (C=O) groups is 1. The highest BCUT2D eigenvalue weighted by atomic mass is 35.5. The van der Waals surface area contributed by atoms with E-state index in [0.717, 1.165) is 0 Å². The van der Waals surface area contributed by atoms with Crippen molar-refractivity contribution in [2.24, 2.45) is 5.84 Å². The molecule has 1 aromatic rings. The summed E-state index contributed by atoms with van der Waals surface area (Å²) in [4.78, 5) is 10.6. The van der Waals surface area contributed by atoms with Crippen molar-refractivity contribution >= 4 is 17.5 Å². The molecule has 82 valence electrons. The fraction of sp³-hybridized carbons (Fsp3) is 0.125. The summed E-state index contributed by atoms with van der Waals surface area (Å²) in [5.41, 5.74) is 1.29. The third kappa shape index (κ3) is 2.77. The molecule has 15 heavy (non-hydrogen) atoms. The predicted octanol–water partition coefficient (Wildman–Crippen LogP) is 1.30. The molecule has 0 aliphatic carbocycles. The zero-order valence-electron chi connectivity index (χ0n) is 7.34. The van der Waals surface area contributed by atoms with Crippen LogP contribution in [0.5, 0.6) is 5.75 Å². The third-order valence-electron chi connectivity index (χ3n) is 1.47. The molecule has 1 aromatic carbocycles. The molecule has 1 amide bonds. The molecule has 0 aliphatic rings. The number of nitrogens with one attached hydrogen (secondary N) is 1. The van der Waals surface area contributed by atoms with Crippen molar-refractivity contribution < 1.29 is 18.3 Å². The first-order valence-electron chi connectivity index (χ1n) is 3.80. The Labute approximate surface area is 88.9 Å². The maximum absolute atomic E-state index is 12.9. The van der Waals surface area contributed by atoms with Crippen molar-refractivity contribution in [3.8, 4) is 5.75 Å². The minimum atomic E-state index is -4.06. The zero-order valence-corrected chi connectivity index (χ0v) is 8.09. The summed E-state index contributed by atoms with van der Waals surface area (Å²) in [6.45, 7) is 0. The maximum atomic E-state index is 12.9. The van der Waals surface area contributed by atoms with E-state index >= 15 is 0 Å². The molecule has 0 aliphatic heterocycles. The SMILES string of the molecule is NNC(=O)C(F)(F)Oc1ccccc1Cl.